The fraction of sp³-hybridized carbons (Fsp3) is 0.357. The topological polar surface area (TPSA) is 26.7 Å². The molecule has 32 heavy (non-hydrogen) atoms. The smallest absolute Gasteiger partial charge is 0.0760 e. The van der Waals surface area contributed by atoms with Gasteiger partial charge in [0, 0.05) is 49.1 Å². The molecule has 2 aliphatic rings. The second-order valence-electron chi connectivity index (χ2n) is 8.93. The summed E-state index contributed by atoms with van der Waals surface area (Å²) in [6.45, 7) is 4.84. The maximum absolute atomic E-state index is 10.5. The fourth-order valence-electron chi connectivity index (χ4n) is 5.04. The van der Waals surface area contributed by atoms with Gasteiger partial charge in [-0.2, -0.15) is 0 Å². The van der Waals surface area contributed by atoms with Gasteiger partial charge in [-0.05, 0) is 59.7 Å². The predicted molar refractivity (Wildman–Crippen MR) is 135 cm³/mol. The Morgan fingerprint density at radius 2 is 1.47 bits per heavy atom. The number of fused-ring (bicyclic) bond motifs is 2. The van der Waals surface area contributed by atoms with E-state index in [1.165, 1.54) is 32.8 Å². The van der Waals surface area contributed by atoms with Crippen LogP contribution in [0.25, 0.3) is 0 Å². The summed E-state index contributed by atoms with van der Waals surface area (Å²) >= 11 is 1.74. The normalized spacial score (nSPS) is 17.3. The first kappa shape index (κ1) is 21.6. The van der Waals surface area contributed by atoms with Crippen molar-refractivity contribution in [3.05, 3.63) is 95.1 Å². The molecule has 5 rings (SSSR count). The molecule has 0 amide bonds. The van der Waals surface area contributed by atoms with Crippen LogP contribution in [0.3, 0.4) is 0 Å². The molecule has 166 valence electrons. The average molecular weight is 445 g/mol. The third-order valence-electron chi connectivity index (χ3n) is 6.76. The number of hydrogen-bond donors (Lipinski definition) is 1. The summed E-state index contributed by atoms with van der Waals surface area (Å²) in [6, 6.07) is 26.1. The van der Waals surface area contributed by atoms with Gasteiger partial charge in [0.25, 0.3) is 0 Å². The van der Waals surface area contributed by atoms with Crippen LogP contribution in [0, 0.1) is 0 Å². The number of aliphatic hydroxyl groups excluding tert-OH is 1. The van der Waals surface area contributed by atoms with E-state index < -0.39 is 0 Å². The van der Waals surface area contributed by atoms with Gasteiger partial charge in [0.2, 0.25) is 0 Å². The number of aliphatic hydroxyl groups is 1. The Kier molecular flexibility index (Phi) is 6.82. The monoisotopic (exact) mass is 444 g/mol. The lowest BCUT2D eigenvalue weighted by atomic mass is 9.98. The first-order valence-corrected chi connectivity index (χ1v) is 12.8. The zero-order valence-corrected chi connectivity index (χ0v) is 19.4. The Bertz CT molecular complexity index is 1030. The Morgan fingerprint density at radius 3 is 2.28 bits per heavy atom. The fourth-order valence-corrected chi connectivity index (χ4v) is 5.88. The van der Waals surface area contributed by atoms with Gasteiger partial charge < -0.3 is 10.0 Å². The van der Waals surface area contributed by atoms with Crippen LogP contribution in [0.1, 0.15) is 22.3 Å². The molecular formula is C28H32N2OS. The zero-order chi connectivity index (χ0) is 21.8. The Morgan fingerprint density at radius 1 is 0.750 bits per heavy atom. The molecular weight excluding hydrogens is 412 g/mol. The number of piperazine rings is 1. The van der Waals surface area contributed by atoms with E-state index in [1.54, 1.807) is 11.8 Å². The van der Waals surface area contributed by atoms with Gasteiger partial charge in [-0.1, -0.05) is 54.6 Å². The van der Waals surface area contributed by atoms with Crippen molar-refractivity contribution >= 4 is 17.4 Å². The number of nitrogens with zero attached hydrogens (tertiary/aromatic N) is 2. The summed E-state index contributed by atoms with van der Waals surface area (Å²) in [5, 5.41) is 10.5. The highest BCUT2D eigenvalue weighted by Crippen LogP contribution is 2.32. The molecule has 3 nitrogen and oxygen atoms in total. The molecule has 1 N–H and O–H groups in total. The van der Waals surface area contributed by atoms with Gasteiger partial charge in [-0.15, -0.1) is 11.8 Å². The minimum Gasteiger partial charge on any atom is -0.391 e. The van der Waals surface area contributed by atoms with Gasteiger partial charge in [0.05, 0.1) is 6.10 Å². The maximum Gasteiger partial charge on any atom is 0.0760 e. The maximum atomic E-state index is 10.5. The van der Waals surface area contributed by atoms with Crippen LogP contribution < -0.4 is 4.90 Å². The molecule has 1 saturated heterocycles. The second-order valence-corrected chi connectivity index (χ2v) is 10.0. The minimum absolute atomic E-state index is 0.293. The molecule has 1 atom stereocenters. The third kappa shape index (κ3) is 5.03. The van der Waals surface area contributed by atoms with E-state index >= 15 is 0 Å². The quantitative estimate of drug-likeness (QED) is 0.560. The molecule has 1 fully saturated rings. The highest BCUT2D eigenvalue weighted by molar-refractivity contribution is 7.99. The number of β-amino-alcohol motifs (C(OH)–C–C–N with tert-alkyl or cyclic N) is 1. The minimum atomic E-state index is -0.293. The predicted octanol–water partition coefficient (Wildman–Crippen LogP) is 4.65. The highest BCUT2D eigenvalue weighted by atomic mass is 32.2. The number of hydrogen-bond acceptors (Lipinski definition) is 4. The van der Waals surface area contributed by atoms with E-state index in [0.717, 1.165) is 57.7 Å². The summed E-state index contributed by atoms with van der Waals surface area (Å²) in [7, 11) is 0. The Labute approximate surface area is 196 Å². The first-order valence-electron chi connectivity index (χ1n) is 11.8. The van der Waals surface area contributed by atoms with Crippen molar-refractivity contribution in [1.82, 2.24) is 4.90 Å². The van der Waals surface area contributed by atoms with Crippen molar-refractivity contribution in [2.24, 2.45) is 0 Å². The van der Waals surface area contributed by atoms with E-state index in [2.05, 4.69) is 76.5 Å². The van der Waals surface area contributed by atoms with E-state index in [9.17, 15) is 5.11 Å². The van der Waals surface area contributed by atoms with E-state index in [1.807, 2.05) is 6.07 Å². The molecule has 0 saturated carbocycles. The van der Waals surface area contributed by atoms with Crippen molar-refractivity contribution in [2.45, 2.75) is 30.3 Å². The van der Waals surface area contributed by atoms with Crippen LogP contribution in [-0.2, 0) is 19.3 Å². The van der Waals surface area contributed by atoms with Gasteiger partial charge in [-0.3, -0.25) is 4.90 Å². The van der Waals surface area contributed by atoms with Crippen molar-refractivity contribution < 1.29 is 5.11 Å². The largest absolute Gasteiger partial charge is 0.391 e. The lowest BCUT2D eigenvalue weighted by Gasteiger charge is -2.38. The van der Waals surface area contributed by atoms with Gasteiger partial charge in [0.15, 0.2) is 0 Å². The van der Waals surface area contributed by atoms with Gasteiger partial charge in [0.1, 0.15) is 0 Å². The molecule has 1 unspecified atom stereocenters. The number of aryl methyl sites for hydroxylation is 1. The van der Waals surface area contributed by atoms with E-state index in [-0.39, 0.29) is 6.10 Å². The summed E-state index contributed by atoms with van der Waals surface area (Å²) in [5.74, 6) is 0.747. The lowest BCUT2D eigenvalue weighted by molar-refractivity contribution is 0.126. The molecule has 3 aromatic carbocycles. The third-order valence-corrected chi connectivity index (χ3v) is 7.92. The van der Waals surface area contributed by atoms with Crippen molar-refractivity contribution in [3.63, 3.8) is 0 Å². The van der Waals surface area contributed by atoms with Crippen molar-refractivity contribution in [1.29, 1.82) is 0 Å². The lowest BCUT2D eigenvalue weighted by Crippen LogP contribution is -2.49. The SMILES string of the molecule is OC(CSc1ccccc1)CN1CCN(c2cccc3c2CCc2ccccc2C3)CC1. The average Bonchev–Trinajstić information content (AvgIpc) is 3.03. The number of anilines is 1. The van der Waals surface area contributed by atoms with E-state index in [4.69, 9.17) is 0 Å². The van der Waals surface area contributed by atoms with Crippen LogP contribution in [0.15, 0.2) is 77.7 Å². The standard InChI is InChI=1S/C28H32N2OS/c31-25(21-32-26-10-2-1-3-11-26)20-29-15-17-30(18-16-29)28-12-6-9-24-19-23-8-5-4-7-22(23)13-14-27(24)28/h1-12,25,31H,13-21H2. The molecule has 0 radical (unpaired) electrons. The molecule has 0 bridgehead atoms. The second kappa shape index (κ2) is 10.1. The van der Waals surface area contributed by atoms with Gasteiger partial charge >= 0.3 is 0 Å². The Hall–Kier alpha value is -2.27. The van der Waals surface area contributed by atoms with Crippen LogP contribution in [0.2, 0.25) is 0 Å². The van der Waals surface area contributed by atoms with Crippen LogP contribution in [-0.4, -0.2) is 54.6 Å². The summed E-state index contributed by atoms with van der Waals surface area (Å²) in [6.07, 6.45) is 3.01. The summed E-state index contributed by atoms with van der Waals surface area (Å²) in [5.41, 5.74) is 7.44. The number of rotatable bonds is 6. The molecule has 3 aromatic rings. The highest BCUT2D eigenvalue weighted by Gasteiger charge is 2.23. The molecule has 1 heterocycles. The summed E-state index contributed by atoms with van der Waals surface area (Å²) < 4.78 is 0. The summed E-state index contributed by atoms with van der Waals surface area (Å²) in [4.78, 5) is 6.21. The van der Waals surface area contributed by atoms with E-state index in [0.29, 0.717) is 0 Å². The molecule has 1 aliphatic carbocycles. The molecule has 1 aliphatic heterocycles. The first-order chi connectivity index (χ1) is 15.8. The number of thioether (sulfide) groups is 1. The Balaban J connectivity index is 1.18. The van der Waals surface area contributed by atoms with Crippen molar-refractivity contribution in [3.8, 4) is 0 Å². The van der Waals surface area contributed by atoms with Crippen LogP contribution >= 0.6 is 11.8 Å². The van der Waals surface area contributed by atoms with Crippen LogP contribution in [0.4, 0.5) is 5.69 Å². The van der Waals surface area contributed by atoms with Crippen molar-refractivity contribution in [2.75, 3.05) is 43.4 Å². The molecule has 0 spiro atoms. The van der Waals surface area contributed by atoms with Gasteiger partial charge in [-0.25, -0.2) is 0 Å². The zero-order valence-electron chi connectivity index (χ0n) is 18.6. The molecule has 4 heteroatoms. The molecule has 0 aromatic heterocycles. The number of benzene rings is 3. The van der Waals surface area contributed by atoms with Crippen LogP contribution in [0.5, 0.6) is 0 Å².